The second-order valence-corrected chi connectivity index (χ2v) is 4.65. The number of halogens is 2. The zero-order valence-corrected chi connectivity index (χ0v) is 10.5. The number of hydrogen-bond acceptors (Lipinski definition) is 2. The van der Waals surface area contributed by atoms with Crippen LogP contribution in [0.2, 0.25) is 5.02 Å². The van der Waals surface area contributed by atoms with E-state index in [1.54, 1.807) is 6.20 Å². The van der Waals surface area contributed by atoms with E-state index in [0.717, 1.165) is 11.1 Å². The van der Waals surface area contributed by atoms with Crippen molar-refractivity contribution in [1.82, 2.24) is 4.98 Å². The summed E-state index contributed by atoms with van der Waals surface area (Å²) in [6.45, 7) is 3.77. The van der Waals surface area contributed by atoms with Crippen molar-refractivity contribution in [3.8, 4) is 11.3 Å². The van der Waals surface area contributed by atoms with Crippen molar-refractivity contribution in [3.63, 3.8) is 0 Å². The van der Waals surface area contributed by atoms with Gasteiger partial charge in [0.05, 0.1) is 11.2 Å². The van der Waals surface area contributed by atoms with E-state index in [2.05, 4.69) is 4.98 Å². The molecule has 16 heavy (non-hydrogen) atoms. The molecule has 2 aromatic rings. The van der Waals surface area contributed by atoms with E-state index in [1.807, 2.05) is 32.0 Å². The predicted octanol–water partition coefficient (Wildman–Crippen LogP) is 4.60. The fourth-order valence-corrected chi connectivity index (χ4v) is 1.75. The minimum Gasteiger partial charge on any atom is -0.439 e. The highest BCUT2D eigenvalue weighted by Crippen LogP contribution is 2.32. The monoisotopic (exact) mass is 255 g/mol. The van der Waals surface area contributed by atoms with Gasteiger partial charge in [0.2, 0.25) is 5.89 Å². The first-order valence-corrected chi connectivity index (χ1v) is 5.76. The highest BCUT2D eigenvalue weighted by Gasteiger charge is 2.13. The van der Waals surface area contributed by atoms with Crippen molar-refractivity contribution < 1.29 is 4.42 Å². The number of oxazole rings is 1. The van der Waals surface area contributed by atoms with Gasteiger partial charge in [-0.2, -0.15) is 0 Å². The molecular weight excluding hydrogens is 245 g/mol. The number of hydrogen-bond donors (Lipinski definition) is 0. The summed E-state index contributed by atoms with van der Waals surface area (Å²) in [7, 11) is 0. The minimum absolute atomic E-state index is 0.239. The average Bonchev–Trinajstić information content (AvgIpc) is 2.71. The molecule has 0 bridgehead atoms. The fraction of sp³-hybridized carbons (Fsp3) is 0.250. The fourth-order valence-electron chi connectivity index (χ4n) is 1.43. The van der Waals surface area contributed by atoms with Crippen molar-refractivity contribution in [3.05, 3.63) is 40.9 Å². The second kappa shape index (κ2) is 4.48. The summed E-state index contributed by atoms with van der Waals surface area (Å²) < 4.78 is 5.54. The van der Waals surface area contributed by atoms with Crippen LogP contribution in [0.5, 0.6) is 0 Å². The van der Waals surface area contributed by atoms with E-state index in [4.69, 9.17) is 27.6 Å². The molecule has 0 N–H and O–H groups in total. The van der Waals surface area contributed by atoms with Crippen LogP contribution in [0.1, 0.15) is 23.8 Å². The largest absolute Gasteiger partial charge is 0.439 e. The molecule has 0 fully saturated rings. The van der Waals surface area contributed by atoms with Crippen molar-refractivity contribution in [1.29, 1.82) is 0 Å². The van der Waals surface area contributed by atoms with Gasteiger partial charge in [0.1, 0.15) is 5.38 Å². The molecule has 0 amide bonds. The Hall–Kier alpha value is -0.990. The third kappa shape index (κ3) is 2.08. The lowest BCUT2D eigenvalue weighted by Crippen LogP contribution is -1.82. The number of nitrogens with zero attached hydrogens (tertiary/aromatic N) is 1. The maximum absolute atomic E-state index is 6.20. The van der Waals surface area contributed by atoms with Gasteiger partial charge in [-0.05, 0) is 25.5 Å². The summed E-state index contributed by atoms with van der Waals surface area (Å²) in [5, 5.41) is 0.449. The standard InChI is InChI=1S/C12H11Cl2NO/c1-7-4-3-5-9(11(7)14)10-6-15-12(16-10)8(2)13/h3-6,8H,1-2H3. The molecule has 4 heteroatoms. The molecule has 0 aliphatic carbocycles. The Morgan fingerprint density at radius 3 is 2.75 bits per heavy atom. The molecule has 1 atom stereocenters. The predicted molar refractivity (Wildman–Crippen MR) is 66.0 cm³/mol. The molecule has 0 aliphatic rings. The van der Waals surface area contributed by atoms with Gasteiger partial charge >= 0.3 is 0 Å². The van der Waals surface area contributed by atoms with E-state index in [0.29, 0.717) is 16.7 Å². The lowest BCUT2D eigenvalue weighted by atomic mass is 10.1. The third-order valence-electron chi connectivity index (χ3n) is 2.32. The van der Waals surface area contributed by atoms with Gasteiger partial charge in [0, 0.05) is 5.56 Å². The normalized spacial score (nSPS) is 12.8. The summed E-state index contributed by atoms with van der Waals surface area (Å²) >= 11 is 12.1. The van der Waals surface area contributed by atoms with Crippen molar-refractivity contribution in [2.24, 2.45) is 0 Å². The van der Waals surface area contributed by atoms with Gasteiger partial charge in [-0.3, -0.25) is 0 Å². The Kier molecular flexibility index (Phi) is 3.22. The van der Waals surface area contributed by atoms with Crippen LogP contribution in [0.4, 0.5) is 0 Å². The Labute approximate surface area is 104 Å². The first-order chi connectivity index (χ1) is 7.59. The topological polar surface area (TPSA) is 26.0 Å². The SMILES string of the molecule is Cc1cccc(-c2cnc(C(C)Cl)o2)c1Cl. The third-order valence-corrected chi connectivity index (χ3v) is 3.01. The molecule has 84 valence electrons. The number of aryl methyl sites for hydroxylation is 1. The molecule has 0 saturated carbocycles. The van der Waals surface area contributed by atoms with Gasteiger partial charge < -0.3 is 4.42 Å². The Morgan fingerprint density at radius 1 is 1.38 bits per heavy atom. The molecule has 1 heterocycles. The van der Waals surface area contributed by atoms with Crippen LogP contribution in [-0.2, 0) is 0 Å². The van der Waals surface area contributed by atoms with Gasteiger partial charge in [-0.1, -0.05) is 23.7 Å². The Balaban J connectivity index is 2.47. The molecular formula is C12H11Cl2NO. The van der Waals surface area contributed by atoms with Gasteiger partial charge in [0.15, 0.2) is 5.76 Å². The summed E-state index contributed by atoms with van der Waals surface area (Å²) in [5.41, 5.74) is 1.86. The highest BCUT2D eigenvalue weighted by molar-refractivity contribution is 6.34. The second-order valence-electron chi connectivity index (χ2n) is 3.62. The Morgan fingerprint density at radius 2 is 2.12 bits per heavy atom. The zero-order valence-electron chi connectivity index (χ0n) is 9.00. The summed E-state index contributed by atoms with van der Waals surface area (Å²) in [6, 6.07) is 5.79. The molecule has 1 aromatic carbocycles. The first kappa shape index (κ1) is 11.5. The quantitative estimate of drug-likeness (QED) is 0.733. The summed E-state index contributed by atoms with van der Waals surface area (Å²) in [6.07, 6.45) is 1.65. The Bertz CT molecular complexity index is 505. The van der Waals surface area contributed by atoms with Crippen molar-refractivity contribution in [2.45, 2.75) is 19.2 Å². The number of rotatable bonds is 2. The van der Waals surface area contributed by atoms with Gasteiger partial charge in [0.25, 0.3) is 0 Å². The first-order valence-electron chi connectivity index (χ1n) is 4.95. The smallest absolute Gasteiger partial charge is 0.212 e. The highest BCUT2D eigenvalue weighted by atomic mass is 35.5. The van der Waals surface area contributed by atoms with Crippen LogP contribution in [0.25, 0.3) is 11.3 Å². The van der Waals surface area contributed by atoms with E-state index < -0.39 is 0 Å². The van der Waals surface area contributed by atoms with Crippen molar-refractivity contribution in [2.75, 3.05) is 0 Å². The van der Waals surface area contributed by atoms with Crippen LogP contribution in [0.15, 0.2) is 28.8 Å². The molecule has 0 saturated heterocycles. The molecule has 0 radical (unpaired) electrons. The number of benzene rings is 1. The lowest BCUT2D eigenvalue weighted by molar-refractivity contribution is 0.508. The zero-order chi connectivity index (χ0) is 11.7. The van der Waals surface area contributed by atoms with Crippen LogP contribution in [0.3, 0.4) is 0 Å². The van der Waals surface area contributed by atoms with Crippen LogP contribution < -0.4 is 0 Å². The van der Waals surface area contributed by atoms with E-state index in [-0.39, 0.29) is 5.38 Å². The van der Waals surface area contributed by atoms with Crippen LogP contribution in [0, 0.1) is 6.92 Å². The molecule has 1 aromatic heterocycles. The molecule has 2 rings (SSSR count). The minimum atomic E-state index is -0.239. The lowest BCUT2D eigenvalue weighted by Gasteiger charge is -2.03. The van der Waals surface area contributed by atoms with Crippen molar-refractivity contribution >= 4 is 23.2 Å². The summed E-state index contributed by atoms with van der Waals surface area (Å²) in [5.74, 6) is 1.16. The number of alkyl halides is 1. The van der Waals surface area contributed by atoms with E-state index in [1.165, 1.54) is 0 Å². The molecule has 0 aliphatic heterocycles. The maximum Gasteiger partial charge on any atom is 0.212 e. The molecule has 1 unspecified atom stereocenters. The van der Waals surface area contributed by atoms with E-state index in [9.17, 15) is 0 Å². The molecule has 0 spiro atoms. The number of aromatic nitrogens is 1. The summed E-state index contributed by atoms with van der Waals surface area (Å²) in [4.78, 5) is 4.11. The van der Waals surface area contributed by atoms with Crippen LogP contribution >= 0.6 is 23.2 Å². The maximum atomic E-state index is 6.20. The van der Waals surface area contributed by atoms with E-state index >= 15 is 0 Å². The molecule has 2 nitrogen and oxygen atoms in total. The van der Waals surface area contributed by atoms with Gasteiger partial charge in [-0.15, -0.1) is 11.6 Å². The van der Waals surface area contributed by atoms with Crippen LogP contribution in [-0.4, -0.2) is 4.98 Å². The van der Waals surface area contributed by atoms with Gasteiger partial charge in [-0.25, -0.2) is 4.98 Å². The average molecular weight is 256 g/mol.